The van der Waals surface area contributed by atoms with Crippen LogP contribution in [0.3, 0.4) is 0 Å². The normalized spacial score (nSPS) is 22.8. The van der Waals surface area contributed by atoms with E-state index >= 15 is 0 Å². The van der Waals surface area contributed by atoms with Gasteiger partial charge in [-0.05, 0) is 32.6 Å². The third-order valence-electron chi connectivity index (χ3n) is 3.46. The van der Waals surface area contributed by atoms with Crippen LogP contribution >= 0.6 is 0 Å². The van der Waals surface area contributed by atoms with Crippen LogP contribution in [0.2, 0.25) is 0 Å². The lowest BCUT2D eigenvalue weighted by atomic mass is 9.78. The van der Waals surface area contributed by atoms with Gasteiger partial charge in [0.15, 0.2) is 0 Å². The summed E-state index contributed by atoms with van der Waals surface area (Å²) in [5.74, 6) is 1.55. The van der Waals surface area contributed by atoms with E-state index in [4.69, 9.17) is 4.74 Å². The van der Waals surface area contributed by atoms with E-state index in [9.17, 15) is 4.79 Å². The average Bonchev–Trinajstić information content (AvgIpc) is 2.73. The van der Waals surface area contributed by atoms with Crippen LogP contribution < -0.4 is 0 Å². The van der Waals surface area contributed by atoms with Gasteiger partial charge in [0.2, 0.25) is 0 Å². The standard InChI is InChI=1S/C13H21N3O2/c1-3-16-13(14-9-15-16)8-11(17)5-10-6-12(7-10)18-4-2/h9-10,12H,3-8H2,1-2H3. The third kappa shape index (κ3) is 3.16. The van der Waals surface area contributed by atoms with E-state index < -0.39 is 0 Å². The van der Waals surface area contributed by atoms with Crippen molar-refractivity contribution in [2.75, 3.05) is 6.61 Å². The molecule has 0 radical (unpaired) electrons. The smallest absolute Gasteiger partial charge is 0.140 e. The van der Waals surface area contributed by atoms with Crippen molar-refractivity contribution in [3.05, 3.63) is 12.2 Å². The van der Waals surface area contributed by atoms with Crippen molar-refractivity contribution in [2.45, 2.75) is 52.2 Å². The molecule has 0 amide bonds. The molecule has 0 unspecified atom stereocenters. The summed E-state index contributed by atoms with van der Waals surface area (Å²) in [5, 5.41) is 4.07. The fourth-order valence-electron chi connectivity index (χ4n) is 2.47. The molecular weight excluding hydrogens is 230 g/mol. The summed E-state index contributed by atoms with van der Waals surface area (Å²) in [5.41, 5.74) is 0. The van der Waals surface area contributed by atoms with Gasteiger partial charge < -0.3 is 4.74 Å². The summed E-state index contributed by atoms with van der Waals surface area (Å²) in [6.07, 6.45) is 5.01. The predicted octanol–water partition coefficient (Wildman–Crippen LogP) is 1.61. The van der Waals surface area contributed by atoms with Crippen molar-refractivity contribution in [1.29, 1.82) is 0 Å². The Morgan fingerprint density at radius 3 is 2.94 bits per heavy atom. The fourth-order valence-corrected chi connectivity index (χ4v) is 2.47. The molecule has 5 heteroatoms. The van der Waals surface area contributed by atoms with Crippen LogP contribution in [0.15, 0.2) is 6.33 Å². The van der Waals surface area contributed by atoms with E-state index in [0.717, 1.165) is 31.8 Å². The maximum atomic E-state index is 11.9. The first-order chi connectivity index (χ1) is 8.72. The number of aromatic nitrogens is 3. The molecule has 0 N–H and O–H groups in total. The quantitative estimate of drug-likeness (QED) is 0.739. The Balaban J connectivity index is 1.73. The van der Waals surface area contributed by atoms with Gasteiger partial charge >= 0.3 is 0 Å². The minimum absolute atomic E-state index is 0.262. The molecule has 1 heterocycles. The van der Waals surface area contributed by atoms with Crippen molar-refractivity contribution in [2.24, 2.45) is 5.92 Å². The predicted molar refractivity (Wildman–Crippen MR) is 67.2 cm³/mol. The Morgan fingerprint density at radius 1 is 1.50 bits per heavy atom. The molecule has 0 atom stereocenters. The first-order valence-corrected chi connectivity index (χ1v) is 6.72. The summed E-state index contributed by atoms with van der Waals surface area (Å²) in [4.78, 5) is 16.1. The Morgan fingerprint density at radius 2 is 2.28 bits per heavy atom. The fraction of sp³-hybridized carbons (Fsp3) is 0.769. The minimum atomic E-state index is 0.262. The maximum absolute atomic E-state index is 11.9. The number of aryl methyl sites for hydroxylation is 1. The number of rotatable bonds is 7. The van der Waals surface area contributed by atoms with Gasteiger partial charge in [-0.1, -0.05) is 0 Å². The monoisotopic (exact) mass is 251 g/mol. The highest BCUT2D eigenvalue weighted by atomic mass is 16.5. The zero-order chi connectivity index (χ0) is 13.0. The summed E-state index contributed by atoms with van der Waals surface area (Å²) >= 11 is 0. The van der Waals surface area contributed by atoms with E-state index in [1.54, 1.807) is 4.68 Å². The second-order valence-electron chi connectivity index (χ2n) is 4.83. The highest BCUT2D eigenvalue weighted by molar-refractivity contribution is 5.80. The van der Waals surface area contributed by atoms with Gasteiger partial charge in [0, 0.05) is 19.6 Å². The lowest BCUT2D eigenvalue weighted by Gasteiger charge is -2.34. The molecule has 0 saturated heterocycles. The van der Waals surface area contributed by atoms with E-state index in [1.165, 1.54) is 6.33 Å². The topological polar surface area (TPSA) is 57.0 Å². The Bertz CT molecular complexity index is 397. The second-order valence-corrected chi connectivity index (χ2v) is 4.83. The van der Waals surface area contributed by atoms with E-state index in [2.05, 4.69) is 10.1 Å². The van der Waals surface area contributed by atoms with Gasteiger partial charge in [0.1, 0.15) is 17.9 Å². The summed E-state index contributed by atoms with van der Waals surface area (Å²) in [6, 6.07) is 0. The van der Waals surface area contributed by atoms with Crippen molar-refractivity contribution in [3.63, 3.8) is 0 Å². The number of Topliss-reactive ketones (excluding diaryl/α,β-unsaturated/α-hetero) is 1. The highest BCUT2D eigenvalue weighted by Crippen LogP contribution is 2.32. The zero-order valence-corrected chi connectivity index (χ0v) is 11.1. The first-order valence-electron chi connectivity index (χ1n) is 6.72. The summed E-state index contributed by atoms with van der Waals surface area (Å²) in [7, 11) is 0. The van der Waals surface area contributed by atoms with Gasteiger partial charge in [-0.15, -0.1) is 0 Å². The number of ether oxygens (including phenoxy) is 1. The molecule has 1 aliphatic carbocycles. The van der Waals surface area contributed by atoms with Gasteiger partial charge in [0.05, 0.1) is 12.5 Å². The lowest BCUT2D eigenvalue weighted by molar-refractivity contribution is -0.121. The summed E-state index contributed by atoms with van der Waals surface area (Å²) in [6.45, 7) is 5.54. The number of hydrogen-bond donors (Lipinski definition) is 0. The molecule has 100 valence electrons. The number of nitrogens with zero attached hydrogens (tertiary/aromatic N) is 3. The van der Waals surface area contributed by atoms with Gasteiger partial charge in [-0.2, -0.15) is 5.10 Å². The second kappa shape index (κ2) is 6.09. The largest absolute Gasteiger partial charge is 0.378 e. The molecule has 1 saturated carbocycles. The maximum Gasteiger partial charge on any atom is 0.140 e. The molecule has 2 rings (SSSR count). The van der Waals surface area contributed by atoms with Gasteiger partial charge in [-0.25, -0.2) is 9.67 Å². The molecule has 5 nitrogen and oxygen atoms in total. The van der Waals surface area contributed by atoms with Gasteiger partial charge in [-0.3, -0.25) is 4.79 Å². The lowest BCUT2D eigenvalue weighted by Crippen LogP contribution is -2.33. The Kier molecular flexibility index (Phi) is 4.47. The molecule has 0 bridgehead atoms. The molecule has 1 aromatic rings. The molecule has 1 aliphatic rings. The Labute approximate surface area is 108 Å². The highest BCUT2D eigenvalue weighted by Gasteiger charge is 2.31. The van der Waals surface area contributed by atoms with Crippen molar-refractivity contribution < 1.29 is 9.53 Å². The van der Waals surface area contributed by atoms with Crippen LogP contribution in [0.4, 0.5) is 0 Å². The van der Waals surface area contributed by atoms with Crippen molar-refractivity contribution in [1.82, 2.24) is 14.8 Å². The number of hydrogen-bond acceptors (Lipinski definition) is 4. The molecule has 0 aromatic carbocycles. The van der Waals surface area contributed by atoms with Crippen LogP contribution in [0.1, 0.15) is 38.9 Å². The molecule has 1 fully saturated rings. The Hall–Kier alpha value is -1.23. The van der Waals surface area contributed by atoms with E-state index in [-0.39, 0.29) is 5.78 Å². The number of carbonyl (C=O) groups excluding carboxylic acids is 1. The van der Waals surface area contributed by atoms with Crippen molar-refractivity contribution >= 4 is 5.78 Å². The first kappa shape index (κ1) is 13.2. The molecule has 0 spiro atoms. The summed E-state index contributed by atoms with van der Waals surface area (Å²) < 4.78 is 7.27. The van der Waals surface area contributed by atoms with E-state index in [0.29, 0.717) is 24.9 Å². The van der Waals surface area contributed by atoms with Crippen LogP contribution in [0.5, 0.6) is 0 Å². The number of ketones is 1. The molecular formula is C13H21N3O2. The third-order valence-corrected chi connectivity index (χ3v) is 3.46. The van der Waals surface area contributed by atoms with Crippen molar-refractivity contribution in [3.8, 4) is 0 Å². The minimum Gasteiger partial charge on any atom is -0.378 e. The molecule has 1 aromatic heterocycles. The zero-order valence-electron chi connectivity index (χ0n) is 11.1. The molecule has 0 aliphatic heterocycles. The van der Waals surface area contributed by atoms with Crippen LogP contribution in [-0.4, -0.2) is 33.3 Å². The van der Waals surface area contributed by atoms with Crippen LogP contribution in [0, 0.1) is 5.92 Å². The van der Waals surface area contributed by atoms with Crippen LogP contribution in [0.25, 0.3) is 0 Å². The van der Waals surface area contributed by atoms with Crippen LogP contribution in [-0.2, 0) is 22.5 Å². The molecule has 18 heavy (non-hydrogen) atoms. The SMILES string of the molecule is CCOC1CC(CC(=O)Cc2ncnn2CC)C1. The number of carbonyl (C=O) groups is 1. The van der Waals surface area contributed by atoms with Gasteiger partial charge in [0.25, 0.3) is 0 Å². The van der Waals surface area contributed by atoms with E-state index in [1.807, 2.05) is 13.8 Å². The average molecular weight is 251 g/mol.